The molecule has 0 fully saturated rings. The number of fused-ring (bicyclic) bond motifs is 3. The van der Waals surface area contributed by atoms with Crippen LogP contribution < -0.4 is 9.80 Å². The van der Waals surface area contributed by atoms with E-state index in [0.717, 1.165) is 25.7 Å². The van der Waals surface area contributed by atoms with Gasteiger partial charge < -0.3 is 9.80 Å². The van der Waals surface area contributed by atoms with E-state index in [4.69, 9.17) is 0 Å². The Bertz CT molecular complexity index is 2300. The van der Waals surface area contributed by atoms with E-state index in [1.165, 1.54) is 78.6 Å². The maximum Gasteiger partial charge on any atom is 0.0508 e. The van der Waals surface area contributed by atoms with Gasteiger partial charge in [0.25, 0.3) is 0 Å². The largest absolute Gasteiger partial charge is 0.310 e. The molecule has 248 valence electrons. The average molecular weight is 659 g/mol. The van der Waals surface area contributed by atoms with Crippen LogP contribution in [0.3, 0.4) is 0 Å². The molecule has 0 spiro atoms. The molecule has 51 heavy (non-hydrogen) atoms. The fraction of sp³-hybridized carbons (Fsp3) is 0.143. The molecule has 12 rings (SSSR count). The molecular formula is C49H42N2. The quantitative estimate of drug-likeness (QED) is 0.175. The Balaban J connectivity index is 1.17. The van der Waals surface area contributed by atoms with E-state index in [9.17, 15) is 0 Å². The minimum absolute atomic E-state index is 0.130. The van der Waals surface area contributed by atoms with Crippen LogP contribution in [-0.4, -0.2) is 0 Å². The molecule has 0 aromatic heterocycles. The van der Waals surface area contributed by atoms with Gasteiger partial charge in [0.05, 0.1) is 5.69 Å². The average Bonchev–Trinajstić information content (AvgIpc) is 3.41. The van der Waals surface area contributed by atoms with Crippen molar-refractivity contribution in [3.05, 3.63) is 203 Å². The van der Waals surface area contributed by atoms with Crippen LogP contribution in [0.25, 0.3) is 11.1 Å². The second kappa shape index (κ2) is 12.8. The molecule has 4 bridgehead atoms. The molecule has 0 unspecified atom stereocenters. The first-order valence-electron chi connectivity index (χ1n) is 18.3. The smallest absolute Gasteiger partial charge is 0.0508 e. The molecule has 0 saturated carbocycles. The van der Waals surface area contributed by atoms with Gasteiger partial charge in [-0.15, -0.1) is 0 Å². The lowest BCUT2D eigenvalue weighted by atomic mass is 9.81. The summed E-state index contributed by atoms with van der Waals surface area (Å²) in [4.78, 5) is 4.99. The molecular weight excluding hydrogens is 617 g/mol. The number of hydrogen-bond donors (Lipinski definition) is 0. The number of nitrogens with zero attached hydrogens (tertiary/aromatic N) is 2. The highest BCUT2D eigenvalue weighted by molar-refractivity contribution is 5.91. The SMILES string of the molecule is CC1(C)c2ccccc2-c2cccc(N(c3ccccc3)c3cc4ccc3CCc3ccc(c(N(c5ccccc5)c5ccccc5)c3)CC4)c21. The highest BCUT2D eigenvalue weighted by Crippen LogP contribution is 2.54. The van der Waals surface area contributed by atoms with Crippen molar-refractivity contribution in [1.82, 2.24) is 0 Å². The summed E-state index contributed by atoms with van der Waals surface area (Å²) >= 11 is 0. The van der Waals surface area contributed by atoms with Crippen molar-refractivity contribution in [2.24, 2.45) is 0 Å². The summed E-state index contributed by atoms with van der Waals surface area (Å²) < 4.78 is 0. The summed E-state index contributed by atoms with van der Waals surface area (Å²) in [5.74, 6) is 0. The third-order valence-corrected chi connectivity index (χ3v) is 11.0. The van der Waals surface area contributed by atoms with Crippen LogP contribution in [0.4, 0.5) is 34.1 Å². The van der Waals surface area contributed by atoms with E-state index < -0.39 is 0 Å². The van der Waals surface area contributed by atoms with E-state index >= 15 is 0 Å². The third-order valence-electron chi connectivity index (χ3n) is 11.0. The second-order valence-corrected chi connectivity index (χ2v) is 14.5. The molecule has 0 atom stereocenters. The normalized spacial score (nSPS) is 13.9. The van der Waals surface area contributed by atoms with Gasteiger partial charge in [0.15, 0.2) is 0 Å². The zero-order valence-electron chi connectivity index (χ0n) is 29.4. The van der Waals surface area contributed by atoms with Crippen LogP contribution in [0.5, 0.6) is 0 Å². The lowest BCUT2D eigenvalue weighted by Gasteiger charge is -2.34. The molecule has 7 aromatic carbocycles. The van der Waals surface area contributed by atoms with E-state index in [2.05, 4.69) is 194 Å². The number of rotatable bonds is 6. The molecule has 2 nitrogen and oxygen atoms in total. The van der Waals surface area contributed by atoms with Crippen molar-refractivity contribution in [2.45, 2.75) is 44.9 Å². The van der Waals surface area contributed by atoms with Crippen molar-refractivity contribution in [2.75, 3.05) is 9.80 Å². The fourth-order valence-corrected chi connectivity index (χ4v) is 8.50. The van der Waals surface area contributed by atoms with Gasteiger partial charge in [-0.05, 0) is 125 Å². The predicted octanol–water partition coefficient (Wildman–Crippen LogP) is 12.8. The Kier molecular flexibility index (Phi) is 7.81. The molecule has 2 heteroatoms. The summed E-state index contributed by atoms with van der Waals surface area (Å²) in [5, 5.41) is 0. The lowest BCUT2D eigenvalue weighted by Crippen LogP contribution is -2.21. The maximum atomic E-state index is 2.55. The molecule has 0 aliphatic heterocycles. The molecule has 0 radical (unpaired) electrons. The Labute approximate surface area is 302 Å². The van der Waals surface area contributed by atoms with Gasteiger partial charge in [-0.3, -0.25) is 0 Å². The van der Waals surface area contributed by atoms with E-state index in [1.54, 1.807) is 0 Å². The van der Waals surface area contributed by atoms with Crippen molar-refractivity contribution >= 4 is 34.1 Å². The highest BCUT2D eigenvalue weighted by Gasteiger charge is 2.39. The van der Waals surface area contributed by atoms with Gasteiger partial charge in [0.1, 0.15) is 0 Å². The molecule has 0 N–H and O–H groups in total. The number of para-hydroxylation sites is 3. The van der Waals surface area contributed by atoms with Crippen LogP contribution in [-0.2, 0) is 31.1 Å². The summed E-state index contributed by atoms with van der Waals surface area (Å²) in [7, 11) is 0. The first-order valence-corrected chi connectivity index (χ1v) is 18.3. The zero-order valence-corrected chi connectivity index (χ0v) is 29.4. The van der Waals surface area contributed by atoms with Gasteiger partial charge in [-0.25, -0.2) is 0 Å². The van der Waals surface area contributed by atoms with Crippen molar-refractivity contribution in [3.8, 4) is 11.1 Å². The molecule has 0 saturated heterocycles. The van der Waals surface area contributed by atoms with Gasteiger partial charge in [0, 0.05) is 33.9 Å². The van der Waals surface area contributed by atoms with Gasteiger partial charge in [0.2, 0.25) is 0 Å². The van der Waals surface area contributed by atoms with Gasteiger partial charge in [-0.1, -0.05) is 129 Å². The number of hydrogen-bond acceptors (Lipinski definition) is 2. The highest BCUT2D eigenvalue weighted by atomic mass is 15.2. The Hall–Kier alpha value is -5.86. The minimum atomic E-state index is -0.130. The van der Waals surface area contributed by atoms with Crippen LogP contribution in [0.15, 0.2) is 170 Å². The van der Waals surface area contributed by atoms with Crippen LogP contribution in [0.1, 0.15) is 47.2 Å². The molecule has 5 aliphatic carbocycles. The summed E-state index contributed by atoms with van der Waals surface area (Å²) in [6, 6.07) is 62.9. The number of anilines is 6. The van der Waals surface area contributed by atoms with Gasteiger partial charge in [-0.2, -0.15) is 0 Å². The van der Waals surface area contributed by atoms with Crippen LogP contribution in [0, 0.1) is 0 Å². The second-order valence-electron chi connectivity index (χ2n) is 14.5. The standard InChI is InChI=1S/C49H42N2/c1-49(2)44-23-13-12-21-42(44)43-22-14-24-45(48(43)49)51(41-19-10-5-11-20-41)47-34-36-26-30-37-29-25-35(27-31-38(47)32-28-36)33-46(37)50(39-15-6-3-7-16-39)40-17-8-4-9-18-40/h3-25,28-29,32-34H,26-27,30-31H2,1-2H3. The van der Waals surface area contributed by atoms with E-state index in [0.29, 0.717) is 0 Å². The molecule has 0 heterocycles. The summed E-state index contributed by atoms with van der Waals surface area (Å²) in [5.41, 5.74) is 18.1. The van der Waals surface area contributed by atoms with Gasteiger partial charge >= 0.3 is 0 Å². The Morgan fingerprint density at radius 2 is 0.863 bits per heavy atom. The van der Waals surface area contributed by atoms with Crippen molar-refractivity contribution in [1.29, 1.82) is 0 Å². The number of aryl methyl sites for hydroxylation is 4. The topological polar surface area (TPSA) is 6.48 Å². The van der Waals surface area contributed by atoms with E-state index in [1.807, 2.05) is 0 Å². The zero-order chi connectivity index (χ0) is 34.4. The summed E-state index contributed by atoms with van der Waals surface area (Å²) in [6.45, 7) is 4.78. The fourth-order valence-electron chi connectivity index (χ4n) is 8.50. The minimum Gasteiger partial charge on any atom is -0.310 e. The van der Waals surface area contributed by atoms with Crippen LogP contribution >= 0.6 is 0 Å². The Morgan fingerprint density at radius 1 is 0.392 bits per heavy atom. The Morgan fingerprint density at radius 3 is 1.43 bits per heavy atom. The first kappa shape index (κ1) is 31.1. The van der Waals surface area contributed by atoms with Crippen LogP contribution in [0.2, 0.25) is 0 Å². The maximum absolute atomic E-state index is 2.55. The van der Waals surface area contributed by atoms with Crippen molar-refractivity contribution in [3.63, 3.8) is 0 Å². The molecule has 7 aromatic rings. The van der Waals surface area contributed by atoms with Crippen molar-refractivity contribution < 1.29 is 0 Å². The first-order chi connectivity index (χ1) is 25.1. The third kappa shape index (κ3) is 5.52. The predicted molar refractivity (Wildman–Crippen MR) is 215 cm³/mol. The molecule has 5 aliphatic rings. The lowest BCUT2D eigenvalue weighted by molar-refractivity contribution is 0.660. The summed E-state index contributed by atoms with van der Waals surface area (Å²) in [6.07, 6.45) is 3.78. The number of benzene rings is 7. The monoisotopic (exact) mass is 658 g/mol. The van der Waals surface area contributed by atoms with E-state index in [-0.39, 0.29) is 5.41 Å². The molecule has 0 amide bonds.